The molecule has 0 saturated carbocycles. The minimum Gasteiger partial charge on any atom is -0.343 e. The first-order valence-electron chi connectivity index (χ1n) is 8.03. The van der Waals surface area contributed by atoms with Gasteiger partial charge in [0.05, 0.1) is 6.54 Å². The Morgan fingerprint density at radius 2 is 1.76 bits per heavy atom. The average Bonchev–Trinajstić information content (AvgIpc) is 2.49. The van der Waals surface area contributed by atoms with Gasteiger partial charge in [-0.25, -0.2) is 0 Å². The molecule has 1 heterocycles. The highest BCUT2D eigenvalue weighted by molar-refractivity contribution is 5.78. The predicted octanol–water partition coefficient (Wildman–Crippen LogP) is -0.00140. The van der Waals surface area contributed by atoms with Crippen LogP contribution >= 0.6 is 0 Å². The number of carbonyl (C=O) groups excluding carboxylic acids is 2. The number of hydrogen-bond donors (Lipinski definition) is 1. The Labute approximate surface area is 128 Å². The van der Waals surface area contributed by atoms with Crippen molar-refractivity contribution in [3.05, 3.63) is 0 Å². The SMILES string of the molecule is CCN(CC)C(=O)CCCN(C)CC(=O)N1CCNCC1. The van der Waals surface area contributed by atoms with Gasteiger partial charge >= 0.3 is 0 Å². The third-order valence-corrected chi connectivity index (χ3v) is 3.92. The van der Waals surface area contributed by atoms with E-state index in [1.807, 2.05) is 35.6 Å². The van der Waals surface area contributed by atoms with E-state index in [1.165, 1.54) is 0 Å². The van der Waals surface area contributed by atoms with Crippen LogP contribution in [-0.2, 0) is 9.59 Å². The van der Waals surface area contributed by atoms with Crippen LogP contribution < -0.4 is 5.32 Å². The van der Waals surface area contributed by atoms with Gasteiger partial charge in [-0.2, -0.15) is 0 Å². The zero-order chi connectivity index (χ0) is 15.7. The molecule has 0 aromatic heterocycles. The quantitative estimate of drug-likeness (QED) is 0.685. The van der Waals surface area contributed by atoms with Gasteiger partial charge in [-0.3, -0.25) is 14.5 Å². The molecule has 6 nitrogen and oxygen atoms in total. The lowest BCUT2D eigenvalue weighted by atomic mass is 10.2. The number of rotatable bonds is 8. The fourth-order valence-corrected chi connectivity index (χ4v) is 2.56. The summed E-state index contributed by atoms with van der Waals surface area (Å²) >= 11 is 0. The maximum atomic E-state index is 12.1. The molecule has 1 fully saturated rings. The summed E-state index contributed by atoms with van der Waals surface area (Å²) in [4.78, 5) is 29.7. The molecule has 6 heteroatoms. The molecule has 0 aromatic rings. The van der Waals surface area contributed by atoms with Crippen LogP contribution in [-0.4, -0.2) is 85.9 Å². The van der Waals surface area contributed by atoms with Gasteiger partial charge in [-0.1, -0.05) is 0 Å². The molecule has 0 spiro atoms. The fourth-order valence-electron chi connectivity index (χ4n) is 2.56. The van der Waals surface area contributed by atoms with E-state index in [1.54, 1.807) is 0 Å². The summed E-state index contributed by atoms with van der Waals surface area (Å²) in [7, 11) is 1.95. The van der Waals surface area contributed by atoms with Crippen LogP contribution in [0.25, 0.3) is 0 Å². The average molecular weight is 298 g/mol. The van der Waals surface area contributed by atoms with E-state index in [0.717, 1.165) is 52.2 Å². The van der Waals surface area contributed by atoms with Gasteiger partial charge in [0.1, 0.15) is 0 Å². The maximum Gasteiger partial charge on any atom is 0.236 e. The first-order chi connectivity index (χ1) is 10.1. The minimum atomic E-state index is 0.189. The molecule has 1 aliphatic heterocycles. The summed E-state index contributed by atoms with van der Waals surface area (Å²) in [5, 5.41) is 3.24. The van der Waals surface area contributed by atoms with Gasteiger partial charge < -0.3 is 15.1 Å². The Balaban J connectivity index is 2.19. The van der Waals surface area contributed by atoms with Crippen LogP contribution in [0.3, 0.4) is 0 Å². The first kappa shape index (κ1) is 17.9. The monoisotopic (exact) mass is 298 g/mol. The zero-order valence-corrected chi connectivity index (χ0v) is 13.7. The van der Waals surface area contributed by atoms with E-state index in [0.29, 0.717) is 13.0 Å². The third kappa shape index (κ3) is 6.44. The summed E-state index contributed by atoms with van der Waals surface area (Å²) in [5.74, 6) is 0.399. The van der Waals surface area contributed by atoms with Crippen molar-refractivity contribution in [1.82, 2.24) is 20.0 Å². The fraction of sp³-hybridized carbons (Fsp3) is 0.867. The number of hydrogen-bond acceptors (Lipinski definition) is 4. The molecule has 0 aliphatic carbocycles. The highest BCUT2D eigenvalue weighted by atomic mass is 16.2. The summed E-state index contributed by atoms with van der Waals surface area (Å²) < 4.78 is 0. The number of piperazine rings is 1. The smallest absolute Gasteiger partial charge is 0.236 e. The van der Waals surface area contributed by atoms with E-state index in [2.05, 4.69) is 5.32 Å². The molecule has 122 valence electrons. The normalized spacial score (nSPS) is 15.3. The van der Waals surface area contributed by atoms with E-state index >= 15 is 0 Å². The molecular weight excluding hydrogens is 268 g/mol. The van der Waals surface area contributed by atoms with Crippen molar-refractivity contribution in [2.24, 2.45) is 0 Å². The van der Waals surface area contributed by atoms with Crippen molar-refractivity contribution in [1.29, 1.82) is 0 Å². The zero-order valence-electron chi connectivity index (χ0n) is 13.7. The van der Waals surface area contributed by atoms with Crippen LogP contribution in [0.4, 0.5) is 0 Å². The van der Waals surface area contributed by atoms with Crippen molar-refractivity contribution < 1.29 is 9.59 Å². The first-order valence-corrected chi connectivity index (χ1v) is 8.03. The highest BCUT2D eigenvalue weighted by Crippen LogP contribution is 2.01. The lowest BCUT2D eigenvalue weighted by Gasteiger charge is -2.29. The van der Waals surface area contributed by atoms with E-state index in [9.17, 15) is 9.59 Å². The van der Waals surface area contributed by atoms with Crippen LogP contribution in [0.1, 0.15) is 26.7 Å². The molecule has 0 atom stereocenters. The van der Waals surface area contributed by atoms with Crippen LogP contribution in [0, 0.1) is 0 Å². The van der Waals surface area contributed by atoms with E-state index in [4.69, 9.17) is 0 Å². The Kier molecular flexibility index (Phi) is 8.30. The molecule has 0 radical (unpaired) electrons. The highest BCUT2D eigenvalue weighted by Gasteiger charge is 2.17. The second-order valence-corrected chi connectivity index (χ2v) is 5.54. The second-order valence-electron chi connectivity index (χ2n) is 5.54. The standard InChI is InChI=1S/C15H30N4O2/c1-4-18(5-2)14(20)7-6-10-17(3)13-15(21)19-11-8-16-9-12-19/h16H,4-13H2,1-3H3. The molecule has 1 rings (SSSR count). The molecular formula is C15H30N4O2. The molecule has 1 saturated heterocycles. The molecule has 1 aliphatic rings. The van der Waals surface area contributed by atoms with Crippen molar-refractivity contribution in [2.75, 3.05) is 59.4 Å². The van der Waals surface area contributed by atoms with Crippen LogP contribution in [0.2, 0.25) is 0 Å². The summed E-state index contributed by atoms with van der Waals surface area (Å²) in [6.07, 6.45) is 1.37. The number of carbonyl (C=O) groups is 2. The van der Waals surface area contributed by atoms with Crippen molar-refractivity contribution in [2.45, 2.75) is 26.7 Å². The van der Waals surface area contributed by atoms with Gasteiger partial charge in [0.15, 0.2) is 0 Å². The van der Waals surface area contributed by atoms with Gasteiger partial charge in [-0.15, -0.1) is 0 Å². The van der Waals surface area contributed by atoms with Gasteiger partial charge in [0, 0.05) is 45.7 Å². The van der Waals surface area contributed by atoms with Gasteiger partial charge in [0.25, 0.3) is 0 Å². The number of nitrogens with one attached hydrogen (secondary N) is 1. The number of amides is 2. The van der Waals surface area contributed by atoms with Crippen molar-refractivity contribution >= 4 is 11.8 Å². The Morgan fingerprint density at radius 3 is 2.33 bits per heavy atom. The van der Waals surface area contributed by atoms with Gasteiger partial charge in [0.2, 0.25) is 11.8 Å². The third-order valence-electron chi connectivity index (χ3n) is 3.92. The molecule has 1 N–H and O–H groups in total. The second kappa shape index (κ2) is 9.73. The topological polar surface area (TPSA) is 55.9 Å². The summed E-state index contributed by atoms with van der Waals surface area (Å²) in [5.41, 5.74) is 0. The summed E-state index contributed by atoms with van der Waals surface area (Å²) in [6, 6.07) is 0. The minimum absolute atomic E-state index is 0.189. The predicted molar refractivity (Wildman–Crippen MR) is 84.1 cm³/mol. The molecule has 2 amide bonds. The summed E-state index contributed by atoms with van der Waals surface area (Å²) in [6.45, 7) is 10.1. The van der Waals surface area contributed by atoms with Crippen molar-refractivity contribution in [3.63, 3.8) is 0 Å². The molecule has 0 bridgehead atoms. The lowest BCUT2D eigenvalue weighted by molar-refractivity contribution is -0.132. The molecule has 21 heavy (non-hydrogen) atoms. The maximum absolute atomic E-state index is 12.1. The van der Waals surface area contributed by atoms with Gasteiger partial charge in [-0.05, 0) is 33.9 Å². The number of nitrogens with zero attached hydrogens (tertiary/aromatic N) is 3. The van der Waals surface area contributed by atoms with E-state index in [-0.39, 0.29) is 11.8 Å². The van der Waals surface area contributed by atoms with Crippen LogP contribution in [0.5, 0.6) is 0 Å². The number of likely N-dealkylation sites (N-methyl/N-ethyl adjacent to an activating group) is 1. The Bertz CT molecular complexity index is 326. The Hall–Kier alpha value is -1.14. The lowest BCUT2D eigenvalue weighted by Crippen LogP contribution is -2.49. The molecule has 0 unspecified atom stereocenters. The Morgan fingerprint density at radius 1 is 1.14 bits per heavy atom. The molecule has 0 aromatic carbocycles. The van der Waals surface area contributed by atoms with Crippen LogP contribution in [0.15, 0.2) is 0 Å². The van der Waals surface area contributed by atoms with E-state index < -0.39 is 0 Å². The van der Waals surface area contributed by atoms with Crippen molar-refractivity contribution in [3.8, 4) is 0 Å². The largest absolute Gasteiger partial charge is 0.343 e.